The van der Waals surface area contributed by atoms with Crippen LogP contribution in [0.3, 0.4) is 0 Å². The molecule has 0 saturated heterocycles. The lowest BCUT2D eigenvalue weighted by molar-refractivity contribution is -0.143. The number of rotatable bonds is 13. The van der Waals surface area contributed by atoms with Gasteiger partial charge in [-0.25, -0.2) is 0 Å². The molecule has 2 atom stereocenters. The Morgan fingerprint density at radius 1 is 1.20 bits per heavy atom. The monoisotopic (exact) mass is 411 g/mol. The summed E-state index contributed by atoms with van der Waals surface area (Å²) in [5, 5.41) is 5.38. The van der Waals surface area contributed by atoms with Crippen LogP contribution in [0.4, 0.5) is 0 Å². The quantitative estimate of drug-likeness (QED) is 0.352. The molecule has 0 rings (SSSR count). The van der Waals surface area contributed by atoms with Crippen molar-refractivity contribution < 1.29 is 23.9 Å². The van der Waals surface area contributed by atoms with Crippen LogP contribution in [0.5, 0.6) is 0 Å². The van der Waals surface area contributed by atoms with Crippen LogP contribution in [0.15, 0.2) is 0 Å². The van der Waals surface area contributed by atoms with Crippen molar-refractivity contribution in [3.8, 4) is 0 Å². The summed E-state index contributed by atoms with van der Waals surface area (Å²) in [6.45, 7) is 8.40. The molecule has 0 aromatic heterocycles. The van der Waals surface area contributed by atoms with E-state index in [1.807, 2.05) is 20.8 Å². The largest absolute Gasteiger partial charge is 0.466 e. The molecule has 2 amide bonds. The molecule has 0 radical (unpaired) electrons. The first kappa shape index (κ1) is 24.2. The zero-order chi connectivity index (χ0) is 19.2. The smallest absolute Gasteiger partial charge is 0.307 e. The van der Waals surface area contributed by atoms with Gasteiger partial charge >= 0.3 is 5.97 Å². The first-order valence-electron chi connectivity index (χ1n) is 8.19. The summed E-state index contributed by atoms with van der Waals surface area (Å²) in [6, 6.07) is -0.654. The van der Waals surface area contributed by atoms with E-state index in [1.165, 1.54) is 11.4 Å². The topological polar surface area (TPSA) is 93.7 Å². The molecule has 0 saturated carbocycles. The molecule has 7 nitrogen and oxygen atoms in total. The first-order chi connectivity index (χ1) is 11.8. The second kappa shape index (κ2) is 14.4. The molecule has 0 aromatic rings. The van der Waals surface area contributed by atoms with Crippen molar-refractivity contribution in [3.63, 3.8) is 0 Å². The molecule has 25 heavy (non-hydrogen) atoms. The fourth-order valence-electron chi connectivity index (χ4n) is 1.71. The number of carbonyl (C=O) groups is 3. The van der Waals surface area contributed by atoms with Gasteiger partial charge in [-0.2, -0.15) is 0 Å². The minimum Gasteiger partial charge on any atom is -0.466 e. The van der Waals surface area contributed by atoms with Crippen LogP contribution in [0.2, 0.25) is 0 Å². The van der Waals surface area contributed by atoms with Gasteiger partial charge in [-0.1, -0.05) is 13.8 Å². The third kappa shape index (κ3) is 12.3. The van der Waals surface area contributed by atoms with Gasteiger partial charge in [-0.3, -0.25) is 14.4 Å². The zero-order valence-corrected chi connectivity index (χ0v) is 17.7. The number of hydrogen-bond acceptors (Lipinski definition) is 7. The number of nitrogens with one attached hydrogen (secondary N) is 2. The molecule has 2 N–H and O–H groups in total. The van der Waals surface area contributed by atoms with Gasteiger partial charge in [0.1, 0.15) is 23.2 Å². The van der Waals surface area contributed by atoms with Gasteiger partial charge in [0, 0.05) is 13.2 Å². The highest BCUT2D eigenvalue weighted by atomic mass is 32.9. The lowest BCUT2D eigenvalue weighted by Crippen LogP contribution is -2.50. The molecule has 144 valence electrons. The van der Waals surface area contributed by atoms with E-state index in [9.17, 15) is 14.4 Å². The fourth-order valence-corrected chi connectivity index (χ4v) is 4.39. The van der Waals surface area contributed by atoms with Crippen LogP contribution in [0, 0.1) is 5.92 Å². The van der Waals surface area contributed by atoms with Crippen molar-refractivity contribution in [1.29, 1.82) is 0 Å². The third-order valence-corrected chi connectivity index (χ3v) is 6.84. The van der Waals surface area contributed by atoms with Crippen LogP contribution in [0.1, 0.15) is 34.1 Å². The van der Waals surface area contributed by atoms with Crippen LogP contribution >= 0.6 is 17.3 Å². The Morgan fingerprint density at radius 2 is 1.88 bits per heavy atom. The van der Waals surface area contributed by atoms with Crippen molar-refractivity contribution in [2.75, 3.05) is 31.9 Å². The van der Waals surface area contributed by atoms with Crippen LogP contribution in [0.25, 0.3) is 0 Å². The Labute approximate surface area is 159 Å². The molecule has 0 spiro atoms. The van der Waals surface area contributed by atoms with Gasteiger partial charge in [0.05, 0.1) is 13.0 Å². The summed E-state index contributed by atoms with van der Waals surface area (Å²) in [4.78, 5) is 35.5. The van der Waals surface area contributed by atoms with Crippen molar-refractivity contribution in [2.24, 2.45) is 5.92 Å². The van der Waals surface area contributed by atoms with Crippen molar-refractivity contribution in [3.05, 3.63) is 0 Å². The summed E-state index contributed by atoms with van der Waals surface area (Å²) < 4.78 is 10.0. The minimum absolute atomic E-state index is 0.0787. The standard InChI is InChI=1S/C15H27N2O5PS2/c1-5-21-10-23(24)25-9-12(18)17-14(11(3)4)15(20)16-8-7-13(19)22-6-2/h11,14H,5-10H2,1-4H3,(H-,16,17,18,20)/p+1/t14-/m0/s1. The van der Waals surface area contributed by atoms with Gasteiger partial charge in [0.2, 0.25) is 18.2 Å². The molecule has 0 aromatic carbocycles. The van der Waals surface area contributed by atoms with E-state index in [0.29, 0.717) is 19.6 Å². The molecule has 0 heterocycles. The average molecular weight is 412 g/mol. The van der Waals surface area contributed by atoms with E-state index in [4.69, 9.17) is 21.3 Å². The van der Waals surface area contributed by atoms with E-state index in [0.717, 1.165) is 0 Å². The maximum Gasteiger partial charge on any atom is 0.307 e. The lowest BCUT2D eigenvalue weighted by Gasteiger charge is -2.21. The second-order valence-electron chi connectivity index (χ2n) is 5.36. The summed E-state index contributed by atoms with van der Waals surface area (Å²) >= 11 is 6.61. The second-order valence-corrected chi connectivity index (χ2v) is 10.9. The molecule has 1 unspecified atom stereocenters. The lowest BCUT2D eigenvalue weighted by atomic mass is 10.0. The fraction of sp³-hybridized carbons (Fsp3) is 0.800. The number of hydrogen-bond donors (Lipinski definition) is 2. The molecule has 0 aliphatic heterocycles. The SMILES string of the molecule is CCOC[P+](=S)SCC(=O)N[C@H](C(=O)NCCC(=O)OCC)C(C)C. The summed E-state index contributed by atoms with van der Waals surface area (Å²) in [7, 11) is 0. The summed E-state index contributed by atoms with van der Waals surface area (Å²) in [5.74, 6) is -1.63. The molecule has 10 heteroatoms. The highest BCUT2D eigenvalue weighted by molar-refractivity contribution is 8.64. The van der Waals surface area contributed by atoms with Gasteiger partial charge in [-0.15, -0.1) is 0 Å². The number of esters is 1. The molecule has 0 fully saturated rings. The zero-order valence-electron chi connectivity index (χ0n) is 15.2. The van der Waals surface area contributed by atoms with Crippen LogP contribution in [-0.4, -0.2) is 55.7 Å². The Balaban J connectivity index is 4.30. The molecular weight excluding hydrogens is 383 g/mol. The normalized spacial score (nSPS) is 12.4. The number of carbonyl (C=O) groups excluding carboxylic acids is 3. The Hall–Kier alpha value is -0.760. The number of amides is 2. The van der Waals surface area contributed by atoms with Gasteiger partial charge in [-0.05, 0) is 19.8 Å². The van der Waals surface area contributed by atoms with E-state index in [1.54, 1.807) is 6.92 Å². The first-order valence-corrected chi connectivity index (χ1v) is 12.3. The highest BCUT2D eigenvalue weighted by Gasteiger charge is 2.25. The minimum atomic E-state index is -0.830. The molecule has 0 aliphatic carbocycles. The van der Waals surface area contributed by atoms with Gasteiger partial charge in [0.15, 0.2) is 11.8 Å². The van der Waals surface area contributed by atoms with Crippen LogP contribution < -0.4 is 10.6 Å². The van der Waals surface area contributed by atoms with E-state index >= 15 is 0 Å². The van der Waals surface area contributed by atoms with Crippen molar-refractivity contribution in [2.45, 2.75) is 40.2 Å². The predicted octanol–water partition coefficient (Wildman–Crippen LogP) is 1.78. The Bertz CT molecular complexity index is 463. The van der Waals surface area contributed by atoms with E-state index in [-0.39, 0.29) is 42.4 Å². The highest BCUT2D eigenvalue weighted by Crippen LogP contribution is 2.37. The molecule has 0 bridgehead atoms. The van der Waals surface area contributed by atoms with E-state index < -0.39 is 11.9 Å². The van der Waals surface area contributed by atoms with Gasteiger partial charge in [0.25, 0.3) is 5.90 Å². The Kier molecular flexibility index (Phi) is 14.0. The number of ether oxygens (including phenoxy) is 2. The predicted molar refractivity (Wildman–Crippen MR) is 104 cm³/mol. The summed E-state index contributed by atoms with van der Waals surface area (Å²) in [6.07, 6.45) is 0.576. The molecular formula is C15H28N2O5PS2+. The maximum absolute atomic E-state index is 12.2. The maximum atomic E-state index is 12.2. The summed E-state index contributed by atoms with van der Waals surface area (Å²) in [5.41, 5.74) is 0. The van der Waals surface area contributed by atoms with Crippen molar-refractivity contribution >= 4 is 46.9 Å². The van der Waals surface area contributed by atoms with Crippen LogP contribution in [-0.2, 0) is 35.7 Å². The van der Waals surface area contributed by atoms with Gasteiger partial charge < -0.3 is 20.1 Å². The van der Waals surface area contributed by atoms with Crippen molar-refractivity contribution in [1.82, 2.24) is 10.6 Å². The third-order valence-electron chi connectivity index (χ3n) is 2.94. The van der Waals surface area contributed by atoms with E-state index in [2.05, 4.69) is 10.6 Å². The average Bonchev–Trinajstić information content (AvgIpc) is 2.55. The Morgan fingerprint density at radius 3 is 2.44 bits per heavy atom. The molecule has 0 aliphatic rings.